The third-order valence-corrected chi connectivity index (χ3v) is 3.66. The van der Waals surface area contributed by atoms with Gasteiger partial charge in [-0.15, -0.1) is 0 Å². The first kappa shape index (κ1) is 12.1. The summed E-state index contributed by atoms with van der Waals surface area (Å²) < 4.78 is 0. The minimum Gasteiger partial charge on any atom is -0.297 e. The maximum atomic E-state index is 12.7. The maximum absolute atomic E-state index is 12.7. The number of hydrogen-bond acceptors (Lipinski definition) is 2. The van der Waals surface area contributed by atoms with Gasteiger partial charge in [0.25, 0.3) is 0 Å². The van der Waals surface area contributed by atoms with Crippen LogP contribution in [0.5, 0.6) is 0 Å². The zero-order valence-corrected chi connectivity index (χ0v) is 10.5. The van der Waals surface area contributed by atoms with Crippen LogP contribution in [-0.2, 0) is 0 Å². The third kappa shape index (κ3) is 2.18. The van der Waals surface area contributed by atoms with Gasteiger partial charge in [0, 0.05) is 5.56 Å². The highest BCUT2D eigenvalue weighted by molar-refractivity contribution is 6.03. The Hall–Kier alpha value is -1.41. The first-order valence-corrected chi connectivity index (χ1v) is 6.09. The van der Waals surface area contributed by atoms with Crippen LogP contribution in [0.2, 0.25) is 0 Å². The van der Waals surface area contributed by atoms with E-state index in [0.717, 1.165) is 24.8 Å². The highest BCUT2D eigenvalue weighted by Crippen LogP contribution is 2.31. The summed E-state index contributed by atoms with van der Waals surface area (Å²) in [6, 6.07) is 9.61. The van der Waals surface area contributed by atoms with Gasteiger partial charge in [-0.25, -0.2) is 0 Å². The second kappa shape index (κ2) is 4.84. The predicted octanol–water partition coefficient (Wildman–Crippen LogP) is 2.91. The number of ketones is 1. The molecule has 17 heavy (non-hydrogen) atoms. The molecule has 1 aromatic rings. The van der Waals surface area contributed by atoms with Gasteiger partial charge in [0.2, 0.25) is 0 Å². The molecule has 0 amide bonds. The van der Waals surface area contributed by atoms with Gasteiger partial charge in [0.1, 0.15) is 0 Å². The van der Waals surface area contributed by atoms with Crippen molar-refractivity contribution in [2.75, 3.05) is 14.1 Å². The van der Waals surface area contributed by atoms with Gasteiger partial charge in [-0.3, -0.25) is 9.69 Å². The summed E-state index contributed by atoms with van der Waals surface area (Å²) in [7, 11) is 4.00. The van der Waals surface area contributed by atoms with Crippen molar-refractivity contribution in [1.29, 1.82) is 0 Å². The number of benzene rings is 1. The second-order valence-electron chi connectivity index (χ2n) is 4.84. The van der Waals surface area contributed by atoms with Gasteiger partial charge in [0.05, 0.1) is 5.54 Å². The number of carbonyl (C=O) groups is 1. The molecule has 0 N–H and O–H groups in total. The summed E-state index contributed by atoms with van der Waals surface area (Å²) in [6.45, 7) is 0. The van der Waals surface area contributed by atoms with Crippen molar-refractivity contribution in [2.24, 2.45) is 0 Å². The van der Waals surface area contributed by atoms with E-state index in [-0.39, 0.29) is 11.3 Å². The topological polar surface area (TPSA) is 20.3 Å². The molecule has 0 radical (unpaired) electrons. The van der Waals surface area contributed by atoms with Crippen LogP contribution >= 0.6 is 0 Å². The number of hydrogen-bond donors (Lipinski definition) is 0. The Labute approximate surface area is 103 Å². The maximum Gasteiger partial charge on any atom is 0.183 e. The number of carbonyl (C=O) groups excluding carboxylic acids is 1. The number of nitrogens with zero attached hydrogens (tertiary/aromatic N) is 1. The Kier molecular flexibility index (Phi) is 3.43. The van der Waals surface area contributed by atoms with E-state index < -0.39 is 0 Å². The first-order valence-electron chi connectivity index (χ1n) is 6.09. The minimum atomic E-state index is -0.351. The van der Waals surface area contributed by atoms with Crippen LogP contribution in [0.25, 0.3) is 0 Å². The lowest BCUT2D eigenvalue weighted by molar-refractivity contribution is 0.0653. The third-order valence-electron chi connectivity index (χ3n) is 3.66. The molecule has 0 heterocycles. The highest BCUT2D eigenvalue weighted by Gasteiger charge is 2.40. The molecule has 0 fully saturated rings. The largest absolute Gasteiger partial charge is 0.297 e. The molecule has 1 aromatic carbocycles. The fraction of sp³-hybridized carbons (Fsp3) is 0.400. The lowest BCUT2D eigenvalue weighted by Crippen LogP contribution is -2.51. The molecule has 2 nitrogen and oxygen atoms in total. The van der Waals surface area contributed by atoms with E-state index >= 15 is 0 Å². The number of rotatable bonds is 3. The van der Waals surface area contributed by atoms with E-state index in [9.17, 15) is 4.79 Å². The zero-order chi connectivity index (χ0) is 12.3. The molecule has 1 aliphatic rings. The van der Waals surface area contributed by atoms with Crippen LogP contribution in [0.3, 0.4) is 0 Å². The van der Waals surface area contributed by atoms with E-state index in [1.807, 2.05) is 44.4 Å². The van der Waals surface area contributed by atoms with Crippen molar-refractivity contribution in [3.8, 4) is 0 Å². The van der Waals surface area contributed by atoms with Crippen molar-refractivity contribution in [2.45, 2.75) is 24.8 Å². The van der Waals surface area contributed by atoms with Crippen LogP contribution in [0.15, 0.2) is 42.5 Å². The summed E-state index contributed by atoms with van der Waals surface area (Å²) in [6.07, 6.45) is 7.00. The van der Waals surface area contributed by atoms with Gasteiger partial charge in [-0.05, 0) is 33.4 Å². The molecular formula is C15H19NO. The molecule has 0 bridgehead atoms. The molecule has 1 unspecified atom stereocenters. The molecule has 0 saturated heterocycles. The fourth-order valence-electron chi connectivity index (χ4n) is 2.49. The number of allylic oxidation sites excluding steroid dienone is 1. The monoisotopic (exact) mass is 229 g/mol. The van der Waals surface area contributed by atoms with Gasteiger partial charge in [0.15, 0.2) is 5.78 Å². The second-order valence-corrected chi connectivity index (χ2v) is 4.84. The lowest BCUT2D eigenvalue weighted by atomic mass is 9.78. The average Bonchev–Trinajstić information content (AvgIpc) is 2.39. The Morgan fingerprint density at radius 3 is 2.41 bits per heavy atom. The van der Waals surface area contributed by atoms with Gasteiger partial charge in [-0.1, -0.05) is 42.5 Å². The lowest BCUT2D eigenvalue weighted by Gasteiger charge is -2.39. The summed E-state index contributed by atoms with van der Waals surface area (Å²) in [5.41, 5.74) is 0.465. The van der Waals surface area contributed by atoms with Gasteiger partial charge in [-0.2, -0.15) is 0 Å². The van der Waals surface area contributed by atoms with Crippen molar-refractivity contribution in [3.05, 3.63) is 48.0 Å². The summed E-state index contributed by atoms with van der Waals surface area (Å²) in [5.74, 6) is 0.243. The molecule has 1 atom stereocenters. The summed E-state index contributed by atoms with van der Waals surface area (Å²) in [4.78, 5) is 14.8. The quantitative estimate of drug-likeness (QED) is 0.586. The van der Waals surface area contributed by atoms with E-state index in [2.05, 4.69) is 17.1 Å². The standard InChI is InChI=1S/C15H19NO/c1-16(2)15(11-7-4-8-12-15)14(17)13-9-5-3-6-10-13/h3-7,9-10H,8,11-12H2,1-2H3. The molecule has 1 aliphatic carbocycles. The molecule has 0 saturated carbocycles. The Morgan fingerprint density at radius 1 is 1.18 bits per heavy atom. The molecular weight excluding hydrogens is 210 g/mol. The Bertz CT molecular complexity index is 422. The van der Waals surface area contributed by atoms with E-state index in [0.29, 0.717) is 0 Å². The molecule has 2 rings (SSSR count). The van der Waals surface area contributed by atoms with E-state index in [4.69, 9.17) is 0 Å². The fourth-order valence-corrected chi connectivity index (χ4v) is 2.49. The van der Waals surface area contributed by atoms with Gasteiger partial charge >= 0.3 is 0 Å². The number of likely N-dealkylation sites (N-methyl/N-ethyl adjacent to an activating group) is 1. The smallest absolute Gasteiger partial charge is 0.183 e. The molecule has 0 aromatic heterocycles. The van der Waals surface area contributed by atoms with Crippen molar-refractivity contribution >= 4 is 5.78 Å². The Balaban J connectivity index is 2.35. The van der Waals surface area contributed by atoms with Crippen LogP contribution in [-0.4, -0.2) is 30.3 Å². The summed E-state index contributed by atoms with van der Waals surface area (Å²) in [5, 5.41) is 0. The molecule has 90 valence electrons. The Morgan fingerprint density at radius 2 is 1.88 bits per heavy atom. The zero-order valence-electron chi connectivity index (χ0n) is 10.5. The van der Waals surface area contributed by atoms with Crippen molar-refractivity contribution in [3.63, 3.8) is 0 Å². The first-order chi connectivity index (χ1) is 8.17. The SMILES string of the molecule is CN(C)C1(C(=O)c2ccccc2)CC=CCC1. The van der Waals surface area contributed by atoms with Crippen LogP contribution in [0, 0.1) is 0 Å². The van der Waals surface area contributed by atoms with Crippen LogP contribution < -0.4 is 0 Å². The number of Topliss-reactive ketones (excluding diaryl/α,β-unsaturated/α-hetero) is 1. The molecule has 0 spiro atoms. The van der Waals surface area contributed by atoms with Crippen LogP contribution in [0.4, 0.5) is 0 Å². The van der Waals surface area contributed by atoms with Crippen molar-refractivity contribution in [1.82, 2.24) is 4.90 Å². The normalized spacial score (nSPS) is 23.9. The predicted molar refractivity (Wildman–Crippen MR) is 70.2 cm³/mol. The van der Waals surface area contributed by atoms with E-state index in [1.54, 1.807) is 0 Å². The van der Waals surface area contributed by atoms with Crippen LogP contribution in [0.1, 0.15) is 29.6 Å². The average molecular weight is 229 g/mol. The van der Waals surface area contributed by atoms with Gasteiger partial charge < -0.3 is 0 Å². The van der Waals surface area contributed by atoms with Crippen molar-refractivity contribution < 1.29 is 4.79 Å². The molecule has 2 heteroatoms. The molecule has 0 aliphatic heterocycles. The summed E-state index contributed by atoms with van der Waals surface area (Å²) >= 11 is 0. The minimum absolute atomic E-state index is 0.243. The van der Waals surface area contributed by atoms with E-state index in [1.165, 1.54) is 0 Å². The highest BCUT2D eigenvalue weighted by atomic mass is 16.1.